The van der Waals surface area contributed by atoms with Gasteiger partial charge in [0.1, 0.15) is 22.3 Å². The third-order valence-electron chi connectivity index (χ3n) is 7.44. The molecule has 0 fully saturated rings. The van der Waals surface area contributed by atoms with E-state index in [0.29, 0.717) is 0 Å². The number of nitrogens with zero attached hydrogens (tertiary/aromatic N) is 1. The highest BCUT2D eigenvalue weighted by Crippen LogP contribution is 2.41. The fraction of sp³-hybridized carbons (Fsp3) is 0. The van der Waals surface area contributed by atoms with Gasteiger partial charge in [0.25, 0.3) is 0 Å². The Bertz CT molecular complexity index is 2070. The first-order valence-corrected chi connectivity index (χ1v) is 13.1. The monoisotopic (exact) mass is 501 g/mol. The molecule has 0 aliphatic heterocycles. The molecule has 0 aliphatic carbocycles. The van der Waals surface area contributed by atoms with Gasteiger partial charge in [0, 0.05) is 38.6 Å². The van der Waals surface area contributed by atoms with E-state index in [1.165, 1.54) is 11.1 Å². The number of furan rings is 2. The number of hydrogen-bond donors (Lipinski definition) is 0. The lowest BCUT2D eigenvalue weighted by Crippen LogP contribution is -2.09. The Hall–Kier alpha value is -5.28. The van der Waals surface area contributed by atoms with Crippen LogP contribution in [-0.2, 0) is 0 Å². The summed E-state index contributed by atoms with van der Waals surface area (Å²) in [5, 5.41) is 4.26. The molecule has 0 amide bonds. The standard InChI is InChI=1S/C36H23NO2/c1-4-10-24(11-5-1)25-16-18-33-29(20-25)31-22-36-32(23-35(31)38-33)30-21-28(17-19-34(30)39-36)37(26-12-6-2-7-13-26)27-14-8-3-9-15-27/h1-23H. The van der Waals surface area contributed by atoms with Crippen LogP contribution in [0.3, 0.4) is 0 Å². The first-order valence-electron chi connectivity index (χ1n) is 13.1. The van der Waals surface area contributed by atoms with Gasteiger partial charge in [-0.3, -0.25) is 0 Å². The summed E-state index contributed by atoms with van der Waals surface area (Å²) < 4.78 is 12.7. The van der Waals surface area contributed by atoms with Crippen molar-refractivity contribution in [1.29, 1.82) is 0 Å². The summed E-state index contributed by atoms with van der Waals surface area (Å²) in [6.45, 7) is 0. The Balaban J connectivity index is 1.31. The van der Waals surface area contributed by atoms with Crippen molar-refractivity contribution in [2.24, 2.45) is 0 Å². The zero-order valence-corrected chi connectivity index (χ0v) is 21.0. The maximum absolute atomic E-state index is 6.38. The molecular formula is C36H23NO2. The lowest BCUT2D eigenvalue weighted by Gasteiger charge is -2.25. The van der Waals surface area contributed by atoms with Crippen LogP contribution < -0.4 is 4.90 Å². The second kappa shape index (κ2) is 8.64. The summed E-state index contributed by atoms with van der Waals surface area (Å²) in [5.41, 5.74) is 9.08. The molecule has 2 aromatic heterocycles. The first-order chi connectivity index (χ1) is 19.3. The Labute approximate surface area is 225 Å². The first kappa shape index (κ1) is 21.8. The molecule has 0 bridgehead atoms. The molecule has 3 nitrogen and oxygen atoms in total. The van der Waals surface area contributed by atoms with Gasteiger partial charge in [0.2, 0.25) is 0 Å². The van der Waals surface area contributed by atoms with Crippen molar-refractivity contribution in [2.45, 2.75) is 0 Å². The van der Waals surface area contributed by atoms with E-state index in [9.17, 15) is 0 Å². The molecule has 3 heteroatoms. The molecule has 0 unspecified atom stereocenters. The molecule has 8 aromatic rings. The van der Waals surface area contributed by atoms with Gasteiger partial charge < -0.3 is 13.7 Å². The van der Waals surface area contributed by atoms with E-state index >= 15 is 0 Å². The molecule has 0 saturated carbocycles. The highest BCUT2D eigenvalue weighted by atomic mass is 16.3. The minimum atomic E-state index is 0.855. The van der Waals surface area contributed by atoms with Gasteiger partial charge in [-0.25, -0.2) is 0 Å². The van der Waals surface area contributed by atoms with Crippen LogP contribution >= 0.6 is 0 Å². The highest BCUT2D eigenvalue weighted by molar-refractivity contribution is 6.15. The third-order valence-corrected chi connectivity index (χ3v) is 7.44. The SMILES string of the molecule is c1ccc(-c2ccc3oc4cc5c(cc4c3c2)oc2ccc(N(c3ccccc3)c3ccccc3)cc25)cc1. The van der Waals surface area contributed by atoms with Crippen LogP contribution in [0.1, 0.15) is 0 Å². The summed E-state index contributed by atoms with van der Waals surface area (Å²) in [6, 6.07) is 48.4. The van der Waals surface area contributed by atoms with Crippen LogP contribution in [0.15, 0.2) is 148 Å². The van der Waals surface area contributed by atoms with Crippen LogP contribution in [0, 0.1) is 0 Å². The van der Waals surface area contributed by atoms with E-state index in [2.05, 4.69) is 126 Å². The average molecular weight is 502 g/mol. The largest absolute Gasteiger partial charge is 0.456 e. The second-order valence-electron chi connectivity index (χ2n) is 9.81. The van der Waals surface area contributed by atoms with Gasteiger partial charge >= 0.3 is 0 Å². The quantitative estimate of drug-likeness (QED) is 0.240. The van der Waals surface area contributed by atoms with Crippen molar-refractivity contribution in [1.82, 2.24) is 0 Å². The van der Waals surface area contributed by atoms with Crippen molar-refractivity contribution in [3.05, 3.63) is 140 Å². The number of rotatable bonds is 4. The summed E-state index contributed by atoms with van der Waals surface area (Å²) in [6.07, 6.45) is 0. The van der Waals surface area contributed by atoms with E-state index in [1.807, 2.05) is 18.2 Å². The van der Waals surface area contributed by atoms with Gasteiger partial charge in [-0.15, -0.1) is 0 Å². The van der Waals surface area contributed by atoms with E-state index < -0.39 is 0 Å². The Morgan fingerprint density at radius 1 is 0.333 bits per heavy atom. The van der Waals surface area contributed by atoms with Crippen LogP contribution in [-0.4, -0.2) is 0 Å². The number of para-hydroxylation sites is 2. The van der Waals surface area contributed by atoms with Crippen LogP contribution in [0.5, 0.6) is 0 Å². The second-order valence-corrected chi connectivity index (χ2v) is 9.81. The van der Waals surface area contributed by atoms with E-state index in [0.717, 1.165) is 60.9 Å². The Morgan fingerprint density at radius 3 is 1.41 bits per heavy atom. The summed E-state index contributed by atoms with van der Waals surface area (Å²) in [4.78, 5) is 2.27. The van der Waals surface area contributed by atoms with Crippen molar-refractivity contribution >= 4 is 60.9 Å². The van der Waals surface area contributed by atoms with Crippen molar-refractivity contribution in [2.75, 3.05) is 4.90 Å². The smallest absolute Gasteiger partial charge is 0.136 e. The van der Waals surface area contributed by atoms with Crippen molar-refractivity contribution in [3.8, 4) is 11.1 Å². The van der Waals surface area contributed by atoms with Crippen LogP contribution in [0.4, 0.5) is 17.1 Å². The van der Waals surface area contributed by atoms with Gasteiger partial charge in [-0.2, -0.15) is 0 Å². The molecule has 0 atom stereocenters. The van der Waals surface area contributed by atoms with Crippen LogP contribution in [0.2, 0.25) is 0 Å². The number of anilines is 3. The van der Waals surface area contributed by atoms with E-state index in [-0.39, 0.29) is 0 Å². The molecular weight excluding hydrogens is 478 g/mol. The van der Waals surface area contributed by atoms with Gasteiger partial charge in [0.05, 0.1) is 0 Å². The Morgan fingerprint density at radius 2 is 0.821 bits per heavy atom. The number of benzene rings is 6. The summed E-state index contributed by atoms with van der Waals surface area (Å²) in [5.74, 6) is 0. The maximum atomic E-state index is 6.38. The minimum Gasteiger partial charge on any atom is -0.456 e. The zero-order valence-electron chi connectivity index (χ0n) is 21.0. The lowest BCUT2D eigenvalue weighted by atomic mass is 10.0. The Kier molecular flexibility index (Phi) is 4.82. The van der Waals surface area contributed by atoms with E-state index in [4.69, 9.17) is 8.83 Å². The van der Waals surface area contributed by atoms with Crippen molar-refractivity contribution < 1.29 is 8.83 Å². The lowest BCUT2D eigenvalue weighted by molar-refractivity contribution is 0.664. The molecule has 0 saturated heterocycles. The van der Waals surface area contributed by atoms with E-state index in [1.54, 1.807) is 0 Å². The molecule has 2 heterocycles. The topological polar surface area (TPSA) is 29.5 Å². The maximum Gasteiger partial charge on any atom is 0.136 e. The molecule has 0 N–H and O–H groups in total. The summed E-state index contributed by atoms with van der Waals surface area (Å²) in [7, 11) is 0. The van der Waals surface area contributed by atoms with Gasteiger partial charge in [-0.05, 0) is 77.9 Å². The molecule has 8 rings (SSSR count). The molecule has 39 heavy (non-hydrogen) atoms. The molecule has 6 aromatic carbocycles. The zero-order chi connectivity index (χ0) is 25.8. The highest BCUT2D eigenvalue weighted by Gasteiger charge is 2.17. The van der Waals surface area contributed by atoms with Gasteiger partial charge in [-0.1, -0.05) is 72.8 Å². The number of hydrogen-bond acceptors (Lipinski definition) is 3. The van der Waals surface area contributed by atoms with Crippen LogP contribution in [0.25, 0.3) is 55.0 Å². The molecule has 0 radical (unpaired) electrons. The molecule has 0 spiro atoms. The fourth-order valence-corrected chi connectivity index (χ4v) is 5.58. The molecule has 0 aliphatic rings. The third kappa shape index (κ3) is 3.59. The number of fused-ring (bicyclic) bond motifs is 6. The van der Waals surface area contributed by atoms with Crippen molar-refractivity contribution in [3.63, 3.8) is 0 Å². The summed E-state index contributed by atoms with van der Waals surface area (Å²) >= 11 is 0. The normalized spacial score (nSPS) is 11.6. The average Bonchev–Trinajstić information content (AvgIpc) is 3.54. The predicted octanol–water partition coefficient (Wildman–Crippen LogP) is 10.6. The fourth-order valence-electron chi connectivity index (χ4n) is 5.58. The predicted molar refractivity (Wildman–Crippen MR) is 161 cm³/mol. The molecule has 184 valence electrons. The van der Waals surface area contributed by atoms with Gasteiger partial charge in [0.15, 0.2) is 0 Å². The minimum absolute atomic E-state index is 0.855.